The number of nitrogens with zero attached hydrogens (tertiary/aromatic N) is 2. The van der Waals surface area contributed by atoms with Crippen LogP contribution in [0.5, 0.6) is 11.5 Å². The molecule has 12 heteroatoms. The quantitative estimate of drug-likeness (QED) is 0.344. The minimum absolute atomic E-state index is 0.00693. The topological polar surface area (TPSA) is 165 Å². The summed E-state index contributed by atoms with van der Waals surface area (Å²) in [5.41, 5.74) is 0.242. The number of hydrogen-bond acceptors (Lipinski definition) is 10. The van der Waals surface area contributed by atoms with Crippen molar-refractivity contribution in [3.05, 3.63) is 67.8 Å². The molecule has 0 saturated carbocycles. The molecule has 4 rings (SSSR count). The molecular weight excluding hydrogens is 464 g/mol. The van der Waals surface area contributed by atoms with Crippen LogP contribution in [0.2, 0.25) is 0 Å². The Hall–Kier alpha value is -4.35. The Morgan fingerprint density at radius 1 is 0.943 bits per heavy atom. The van der Waals surface area contributed by atoms with E-state index in [1.165, 1.54) is 36.4 Å². The zero-order chi connectivity index (χ0) is 25.7. The molecule has 1 unspecified atom stereocenters. The highest BCUT2D eigenvalue weighted by Crippen LogP contribution is 2.32. The maximum atomic E-state index is 12.0. The van der Waals surface area contributed by atoms with Crippen LogP contribution >= 0.6 is 0 Å². The van der Waals surface area contributed by atoms with E-state index in [9.17, 15) is 34.6 Å². The third kappa shape index (κ3) is 6.16. The Morgan fingerprint density at radius 2 is 1.46 bits per heavy atom. The molecule has 0 spiro atoms. The standard InChI is InChI=1S/C13H13NO6.C10H9NO4/c1-2-19-13(16)7-9-6-11(15)10-5-8(14(17)18)3-4-12(10)20-9;1-6-4-9(12)8-5-7(11(13)14)2-3-10(8)15-6/h3-5,9H,2,6-7H2,1H3;2-3,5-6H,4H2,1H3/t;6-/m.1/s1. The van der Waals surface area contributed by atoms with E-state index in [1.807, 2.05) is 0 Å². The fraction of sp³-hybridized carbons (Fsp3) is 0.348. The van der Waals surface area contributed by atoms with Crippen molar-refractivity contribution in [2.24, 2.45) is 0 Å². The molecule has 2 aliphatic rings. The Bertz CT molecular complexity index is 1190. The lowest BCUT2D eigenvalue weighted by molar-refractivity contribution is -0.385. The first-order valence-corrected chi connectivity index (χ1v) is 10.7. The molecule has 0 saturated heterocycles. The lowest BCUT2D eigenvalue weighted by Crippen LogP contribution is -2.29. The van der Waals surface area contributed by atoms with Gasteiger partial charge in [-0.2, -0.15) is 0 Å². The third-order valence-corrected chi connectivity index (χ3v) is 5.16. The van der Waals surface area contributed by atoms with E-state index in [0.717, 1.165) is 0 Å². The van der Waals surface area contributed by atoms with Gasteiger partial charge in [0.2, 0.25) is 0 Å². The summed E-state index contributed by atoms with van der Waals surface area (Å²) in [5, 5.41) is 21.2. The Kier molecular flexibility index (Phi) is 7.74. The molecular formula is C23H22N2O10. The number of rotatable bonds is 5. The average molecular weight is 486 g/mol. The third-order valence-electron chi connectivity index (χ3n) is 5.16. The first-order valence-electron chi connectivity index (χ1n) is 10.7. The summed E-state index contributed by atoms with van der Waals surface area (Å²) in [5.74, 6) is -0.113. The van der Waals surface area contributed by atoms with E-state index in [1.54, 1.807) is 13.8 Å². The number of ketones is 2. The molecule has 184 valence electrons. The summed E-state index contributed by atoms with van der Waals surface area (Å²) < 4.78 is 15.7. The number of non-ortho nitro benzene ring substituents is 2. The van der Waals surface area contributed by atoms with Crippen molar-refractivity contribution >= 4 is 28.9 Å². The highest BCUT2D eigenvalue weighted by atomic mass is 16.6. The van der Waals surface area contributed by atoms with Crippen LogP contribution in [0.3, 0.4) is 0 Å². The number of carbonyl (C=O) groups is 3. The van der Waals surface area contributed by atoms with Gasteiger partial charge in [0.15, 0.2) is 11.6 Å². The zero-order valence-electron chi connectivity index (χ0n) is 18.9. The van der Waals surface area contributed by atoms with Gasteiger partial charge in [0, 0.05) is 37.1 Å². The van der Waals surface area contributed by atoms with Crippen LogP contribution in [-0.4, -0.2) is 46.2 Å². The minimum atomic E-state index is -0.587. The summed E-state index contributed by atoms with van der Waals surface area (Å²) in [7, 11) is 0. The first kappa shape index (κ1) is 25.3. The number of esters is 1. The van der Waals surface area contributed by atoms with Crippen LogP contribution in [0.15, 0.2) is 36.4 Å². The average Bonchev–Trinajstić information content (AvgIpc) is 2.79. The van der Waals surface area contributed by atoms with Crippen molar-refractivity contribution in [1.29, 1.82) is 0 Å². The second-order valence-corrected chi connectivity index (χ2v) is 7.81. The largest absolute Gasteiger partial charge is 0.489 e. The van der Waals surface area contributed by atoms with Crippen LogP contribution in [0.1, 0.15) is 53.8 Å². The number of nitro benzene ring substituents is 2. The molecule has 0 aliphatic carbocycles. The molecule has 12 nitrogen and oxygen atoms in total. The monoisotopic (exact) mass is 486 g/mol. The van der Waals surface area contributed by atoms with Gasteiger partial charge in [0.25, 0.3) is 11.4 Å². The van der Waals surface area contributed by atoms with Crippen LogP contribution in [0, 0.1) is 20.2 Å². The lowest BCUT2D eigenvalue weighted by Gasteiger charge is -2.24. The van der Waals surface area contributed by atoms with Crippen LogP contribution < -0.4 is 9.47 Å². The maximum Gasteiger partial charge on any atom is 0.309 e. The molecule has 0 bridgehead atoms. The van der Waals surface area contributed by atoms with Gasteiger partial charge in [0.1, 0.15) is 23.7 Å². The van der Waals surface area contributed by atoms with E-state index in [2.05, 4.69) is 0 Å². The second-order valence-electron chi connectivity index (χ2n) is 7.81. The first-order chi connectivity index (χ1) is 16.6. The van der Waals surface area contributed by atoms with Crippen LogP contribution in [-0.2, 0) is 9.53 Å². The van der Waals surface area contributed by atoms with Gasteiger partial charge < -0.3 is 14.2 Å². The highest BCUT2D eigenvalue weighted by Gasteiger charge is 2.30. The molecule has 0 aromatic heterocycles. The molecule has 0 amide bonds. The van der Waals surface area contributed by atoms with Gasteiger partial charge in [-0.15, -0.1) is 0 Å². The van der Waals surface area contributed by atoms with Crippen molar-refractivity contribution in [2.45, 2.75) is 45.3 Å². The van der Waals surface area contributed by atoms with E-state index in [-0.39, 0.29) is 66.2 Å². The fourth-order valence-electron chi connectivity index (χ4n) is 3.59. The lowest BCUT2D eigenvalue weighted by atomic mass is 9.98. The number of Topliss-reactive ketones (excluding diaryl/α,β-unsaturated/α-hetero) is 2. The SMILES string of the molecule is CCOC(=O)CC1CC(=O)c2cc([N+](=O)[O-])ccc2O1.C[C@@H]1CC(=O)c2cc([N+](=O)[O-])ccc2O1. The minimum Gasteiger partial charge on any atom is -0.489 e. The van der Waals surface area contributed by atoms with Crippen molar-refractivity contribution in [3.63, 3.8) is 0 Å². The van der Waals surface area contributed by atoms with Crippen molar-refractivity contribution in [1.82, 2.24) is 0 Å². The van der Waals surface area contributed by atoms with Crippen LogP contribution in [0.25, 0.3) is 0 Å². The molecule has 0 N–H and O–H groups in total. The highest BCUT2D eigenvalue weighted by molar-refractivity contribution is 6.01. The predicted octanol–water partition coefficient (Wildman–Crippen LogP) is 3.83. The Labute approximate surface area is 199 Å². The molecule has 2 aromatic rings. The number of benzene rings is 2. The predicted molar refractivity (Wildman–Crippen MR) is 120 cm³/mol. The van der Waals surface area contributed by atoms with Crippen LogP contribution in [0.4, 0.5) is 11.4 Å². The molecule has 2 atom stereocenters. The second kappa shape index (κ2) is 10.7. The summed E-state index contributed by atoms with van der Waals surface area (Å²) in [4.78, 5) is 55.0. The van der Waals surface area contributed by atoms with E-state index >= 15 is 0 Å². The Balaban J connectivity index is 0.000000203. The smallest absolute Gasteiger partial charge is 0.309 e. The fourth-order valence-corrected chi connectivity index (χ4v) is 3.59. The van der Waals surface area contributed by atoms with Gasteiger partial charge in [-0.3, -0.25) is 34.6 Å². The zero-order valence-corrected chi connectivity index (χ0v) is 18.9. The van der Waals surface area contributed by atoms with Gasteiger partial charge in [-0.25, -0.2) is 0 Å². The van der Waals surface area contributed by atoms with E-state index in [0.29, 0.717) is 11.3 Å². The van der Waals surface area contributed by atoms with Crippen molar-refractivity contribution in [3.8, 4) is 11.5 Å². The number of hydrogen-bond donors (Lipinski definition) is 0. The van der Waals surface area contributed by atoms with Gasteiger partial charge >= 0.3 is 5.97 Å². The van der Waals surface area contributed by atoms with Crippen molar-refractivity contribution < 1.29 is 38.4 Å². The summed E-state index contributed by atoms with van der Waals surface area (Å²) in [6.07, 6.45) is -0.487. The maximum absolute atomic E-state index is 12.0. The number of ether oxygens (including phenoxy) is 3. The molecule has 2 heterocycles. The number of nitro groups is 2. The van der Waals surface area contributed by atoms with Gasteiger partial charge in [0.05, 0.1) is 34.0 Å². The normalized spacial score (nSPS) is 18.0. The number of fused-ring (bicyclic) bond motifs is 2. The molecule has 0 fully saturated rings. The molecule has 2 aromatic carbocycles. The molecule has 0 radical (unpaired) electrons. The number of carbonyl (C=O) groups excluding carboxylic acids is 3. The van der Waals surface area contributed by atoms with Gasteiger partial charge in [-0.05, 0) is 26.0 Å². The van der Waals surface area contributed by atoms with E-state index in [4.69, 9.17) is 14.2 Å². The van der Waals surface area contributed by atoms with E-state index < -0.39 is 21.9 Å². The summed E-state index contributed by atoms with van der Waals surface area (Å²) in [6.45, 7) is 3.75. The van der Waals surface area contributed by atoms with Crippen molar-refractivity contribution in [2.75, 3.05) is 6.61 Å². The Morgan fingerprint density at radius 3 is 1.97 bits per heavy atom. The van der Waals surface area contributed by atoms with Gasteiger partial charge in [-0.1, -0.05) is 0 Å². The summed E-state index contributed by atoms with van der Waals surface area (Å²) >= 11 is 0. The molecule has 35 heavy (non-hydrogen) atoms. The molecule has 2 aliphatic heterocycles. The summed E-state index contributed by atoms with van der Waals surface area (Å²) in [6, 6.07) is 7.91.